The number of aryl methyl sites for hydroxylation is 1. The van der Waals surface area contributed by atoms with Gasteiger partial charge in [0.05, 0.1) is 0 Å². The van der Waals surface area contributed by atoms with Gasteiger partial charge in [-0.05, 0) is 30.4 Å². The SMILES string of the molecule is CCc1ccc(CN(C/C=C/Cl)C2CC2)cc1. The van der Waals surface area contributed by atoms with Crippen LogP contribution in [0.3, 0.4) is 0 Å². The van der Waals surface area contributed by atoms with Crippen LogP contribution in [0.5, 0.6) is 0 Å². The topological polar surface area (TPSA) is 3.24 Å². The quantitative estimate of drug-likeness (QED) is 0.738. The standard InChI is InChI=1S/C15H20ClN/c1-2-13-4-6-14(7-5-13)12-17(11-3-10-16)15-8-9-15/h3-7,10,15H,2,8-9,11-12H2,1H3/b10-3+. The lowest BCUT2D eigenvalue weighted by atomic mass is 10.1. The fraction of sp³-hybridized carbons (Fsp3) is 0.467. The first kappa shape index (κ1) is 12.7. The molecule has 0 atom stereocenters. The van der Waals surface area contributed by atoms with Crippen molar-refractivity contribution in [3.05, 3.63) is 47.0 Å². The molecule has 0 heterocycles. The van der Waals surface area contributed by atoms with Crippen LogP contribution in [0.4, 0.5) is 0 Å². The van der Waals surface area contributed by atoms with Gasteiger partial charge in [0, 0.05) is 24.7 Å². The van der Waals surface area contributed by atoms with Crippen LogP contribution in [-0.2, 0) is 13.0 Å². The minimum absolute atomic E-state index is 0.772. The smallest absolute Gasteiger partial charge is 0.0239 e. The number of rotatable bonds is 6. The zero-order valence-electron chi connectivity index (χ0n) is 10.4. The van der Waals surface area contributed by atoms with Crippen LogP contribution in [0, 0.1) is 0 Å². The Labute approximate surface area is 109 Å². The van der Waals surface area contributed by atoms with Gasteiger partial charge in [-0.15, -0.1) is 0 Å². The fourth-order valence-corrected chi connectivity index (χ4v) is 2.15. The molecule has 0 N–H and O–H groups in total. The lowest BCUT2D eigenvalue weighted by molar-refractivity contribution is 0.284. The maximum Gasteiger partial charge on any atom is 0.0239 e. The second kappa shape index (κ2) is 6.23. The van der Waals surface area contributed by atoms with Gasteiger partial charge in [0.2, 0.25) is 0 Å². The highest BCUT2D eigenvalue weighted by Crippen LogP contribution is 2.28. The third-order valence-corrected chi connectivity index (χ3v) is 3.49. The summed E-state index contributed by atoms with van der Waals surface area (Å²) in [5.41, 5.74) is 4.43. The number of hydrogen-bond acceptors (Lipinski definition) is 1. The molecule has 92 valence electrons. The molecule has 0 aliphatic heterocycles. The normalized spacial score (nSPS) is 15.9. The molecular formula is C15H20ClN. The van der Waals surface area contributed by atoms with E-state index in [4.69, 9.17) is 11.6 Å². The van der Waals surface area contributed by atoms with Crippen molar-refractivity contribution in [3.8, 4) is 0 Å². The van der Waals surface area contributed by atoms with E-state index in [1.165, 1.54) is 24.0 Å². The van der Waals surface area contributed by atoms with E-state index in [9.17, 15) is 0 Å². The highest BCUT2D eigenvalue weighted by atomic mass is 35.5. The highest BCUT2D eigenvalue weighted by Gasteiger charge is 2.27. The van der Waals surface area contributed by atoms with Crippen LogP contribution >= 0.6 is 11.6 Å². The van der Waals surface area contributed by atoms with E-state index in [1.807, 2.05) is 6.08 Å². The van der Waals surface area contributed by atoms with Gasteiger partial charge >= 0.3 is 0 Å². The Kier molecular flexibility index (Phi) is 4.64. The van der Waals surface area contributed by atoms with Gasteiger partial charge in [0.1, 0.15) is 0 Å². The molecule has 0 unspecified atom stereocenters. The van der Waals surface area contributed by atoms with Crippen LogP contribution in [0.1, 0.15) is 30.9 Å². The minimum atomic E-state index is 0.772. The monoisotopic (exact) mass is 249 g/mol. The first-order chi connectivity index (χ1) is 8.33. The van der Waals surface area contributed by atoms with Crippen molar-refractivity contribution in [3.63, 3.8) is 0 Å². The lowest BCUT2D eigenvalue weighted by Gasteiger charge is -2.20. The van der Waals surface area contributed by atoms with Crippen molar-refractivity contribution >= 4 is 11.6 Å². The minimum Gasteiger partial charge on any atom is -0.292 e. The molecule has 1 fully saturated rings. The summed E-state index contributed by atoms with van der Waals surface area (Å²) >= 11 is 5.61. The molecule has 1 aliphatic carbocycles. The van der Waals surface area contributed by atoms with Crippen molar-refractivity contribution in [1.82, 2.24) is 4.90 Å². The molecule has 1 aromatic rings. The summed E-state index contributed by atoms with van der Waals surface area (Å²) < 4.78 is 0. The molecule has 1 aromatic carbocycles. The van der Waals surface area contributed by atoms with Crippen molar-refractivity contribution in [2.24, 2.45) is 0 Å². The summed E-state index contributed by atoms with van der Waals surface area (Å²) in [6.45, 7) is 4.19. The van der Waals surface area contributed by atoms with E-state index in [2.05, 4.69) is 36.1 Å². The zero-order valence-corrected chi connectivity index (χ0v) is 11.2. The summed E-state index contributed by atoms with van der Waals surface area (Å²) in [5, 5.41) is 0. The lowest BCUT2D eigenvalue weighted by Crippen LogP contribution is -2.25. The van der Waals surface area contributed by atoms with E-state index in [1.54, 1.807) is 5.54 Å². The summed E-state index contributed by atoms with van der Waals surface area (Å²) in [4.78, 5) is 2.50. The van der Waals surface area contributed by atoms with Gasteiger partial charge in [0.25, 0.3) is 0 Å². The van der Waals surface area contributed by atoms with Gasteiger partial charge in [-0.2, -0.15) is 0 Å². The number of benzene rings is 1. The second-order valence-corrected chi connectivity index (χ2v) is 4.94. The number of hydrogen-bond donors (Lipinski definition) is 0. The van der Waals surface area contributed by atoms with Crippen LogP contribution < -0.4 is 0 Å². The molecule has 1 aliphatic rings. The van der Waals surface area contributed by atoms with E-state index in [-0.39, 0.29) is 0 Å². The van der Waals surface area contributed by atoms with E-state index in [0.717, 1.165) is 25.6 Å². The van der Waals surface area contributed by atoms with Crippen LogP contribution in [-0.4, -0.2) is 17.5 Å². The average Bonchev–Trinajstić information content (AvgIpc) is 3.19. The molecular weight excluding hydrogens is 230 g/mol. The second-order valence-electron chi connectivity index (χ2n) is 4.69. The number of halogens is 1. The molecule has 0 bridgehead atoms. The van der Waals surface area contributed by atoms with Crippen molar-refractivity contribution in [2.45, 2.75) is 38.8 Å². The number of nitrogens with zero attached hydrogens (tertiary/aromatic N) is 1. The van der Waals surface area contributed by atoms with Crippen LogP contribution in [0.15, 0.2) is 35.9 Å². The Morgan fingerprint density at radius 2 is 1.88 bits per heavy atom. The van der Waals surface area contributed by atoms with E-state index in [0.29, 0.717) is 0 Å². The molecule has 1 nitrogen and oxygen atoms in total. The Morgan fingerprint density at radius 3 is 2.41 bits per heavy atom. The maximum absolute atomic E-state index is 5.61. The fourth-order valence-electron chi connectivity index (χ4n) is 2.07. The van der Waals surface area contributed by atoms with E-state index >= 15 is 0 Å². The Balaban J connectivity index is 1.95. The molecule has 2 heteroatoms. The molecule has 0 spiro atoms. The Hall–Kier alpha value is -0.790. The first-order valence-electron chi connectivity index (χ1n) is 6.40. The summed E-state index contributed by atoms with van der Waals surface area (Å²) in [6, 6.07) is 9.74. The van der Waals surface area contributed by atoms with Crippen LogP contribution in [0.25, 0.3) is 0 Å². The van der Waals surface area contributed by atoms with Gasteiger partial charge in [-0.25, -0.2) is 0 Å². The summed E-state index contributed by atoms with van der Waals surface area (Å²) in [6.07, 6.45) is 5.81. The predicted molar refractivity (Wildman–Crippen MR) is 74.2 cm³/mol. The summed E-state index contributed by atoms with van der Waals surface area (Å²) in [5.74, 6) is 0. The molecule has 0 aromatic heterocycles. The Bertz CT molecular complexity index is 365. The largest absolute Gasteiger partial charge is 0.292 e. The van der Waals surface area contributed by atoms with Gasteiger partial charge in [0.15, 0.2) is 0 Å². The van der Waals surface area contributed by atoms with E-state index < -0.39 is 0 Å². The van der Waals surface area contributed by atoms with Crippen LogP contribution in [0.2, 0.25) is 0 Å². The third kappa shape index (κ3) is 3.86. The van der Waals surface area contributed by atoms with Crippen molar-refractivity contribution < 1.29 is 0 Å². The molecule has 1 saturated carbocycles. The van der Waals surface area contributed by atoms with Crippen molar-refractivity contribution in [2.75, 3.05) is 6.54 Å². The molecule has 17 heavy (non-hydrogen) atoms. The summed E-state index contributed by atoms with van der Waals surface area (Å²) in [7, 11) is 0. The average molecular weight is 250 g/mol. The molecule has 2 rings (SSSR count). The van der Waals surface area contributed by atoms with Gasteiger partial charge in [-0.1, -0.05) is 48.9 Å². The Morgan fingerprint density at radius 1 is 1.24 bits per heavy atom. The predicted octanol–water partition coefficient (Wildman–Crippen LogP) is 3.97. The van der Waals surface area contributed by atoms with Gasteiger partial charge < -0.3 is 0 Å². The van der Waals surface area contributed by atoms with Gasteiger partial charge in [-0.3, -0.25) is 4.90 Å². The molecule has 0 radical (unpaired) electrons. The third-order valence-electron chi connectivity index (χ3n) is 3.31. The molecule has 0 amide bonds. The first-order valence-corrected chi connectivity index (χ1v) is 6.84. The maximum atomic E-state index is 5.61. The zero-order chi connectivity index (χ0) is 12.1. The van der Waals surface area contributed by atoms with Crippen molar-refractivity contribution in [1.29, 1.82) is 0 Å². The molecule has 0 saturated heterocycles. The highest BCUT2D eigenvalue weighted by molar-refractivity contribution is 6.25.